The summed E-state index contributed by atoms with van der Waals surface area (Å²) in [5, 5.41) is 0. The van der Waals surface area contributed by atoms with Crippen LogP contribution in [0.2, 0.25) is 0 Å². The van der Waals surface area contributed by atoms with Crippen LogP contribution in [0.15, 0.2) is 12.2 Å². The lowest BCUT2D eigenvalue weighted by atomic mass is 10.0. The average molecular weight is 527 g/mol. The van der Waals surface area contributed by atoms with Crippen molar-refractivity contribution in [3.8, 4) is 0 Å². The van der Waals surface area contributed by atoms with Crippen molar-refractivity contribution in [2.45, 2.75) is 135 Å². The van der Waals surface area contributed by atoms with E-state index < -0.39 is 26.9 Å². The van der Waals surface area contributed by atoms with Crippen LogP contribution in [-0.4, -0.2) is 38.7 Å². The molecule has 204 valence electrons. The van der Waals surface area contributed by atoms with E-state index in [4.69, 9.17) is 0 Å². The summed E-state index contributed by atoms with van der Waals surface area (Å²) in [7, 11) is -9.66. The first-order valence-electron chi connectivity index (χ1n) is 13.0. The molecular weight excluding hydrogens is 480 g/mol. The first kappa shape index (κ1) is 33.5. The number of hydrogen-bond acceptors (Lipinski definition) is 8. The molecule has 0 heterocycles. The summed E-state index contributed by atoms with van der Waals surface area (Å²) < 4.78 is 72.3. The Morgan fingerprint density at radius 1 is 0.647 bits per heavy atom. The van der Waals surface area contributed by atoms with Gasteiger partial charge in [0.05, 0.1) is 12.7 Å². The third-order valence-electron chi connectivity index (χ3n) is 5.69. The number of rotatable bonds is 25. The quantitative estimate of drug-likeness (QED) is 0.0586. The van der Waals surface area contributed by atoms with E-state index >= 15 is 0 Å². The van der Waals surface area contributed by atoms with Crippen molar-refractivity contribution in [1.82, 2.24) is 0 Å². The van der Waals surface area contributed by atoms with Crippen molar-refractivity contribution in [2.24, 2.45) is 0 Å². The third kappa shape index (κ3) is 27.7. The highest BCUT2D eigenvalue weighted by Crippen LogP contribution is 2.15. The molecule has 0 fully saturated rings. The summed E-state index contributed by atoms with van der Waals surface area (Å²) >= 11 is 0. The molecule has 0 saturated carbocycles. The molecule has 0 aromatic rings. The number of hydrogen-bond donors (Lipinski definition) is 0. The Kier molecular flexibility index (Phi) is 21.4. The predicted octanol–water partition coefficient (Wildman–Crippen LogP) is 6.30. The summed E-state index contributed by atoms with van der Waals surface area (Å²) in [5.74, 6) is 0. The van der Waals surface area contributed by atoms with Crippen molar-refractivity contribution >= 4 is 20.8 Å². The minimum absolute atomic E-state index is 0.0779. The molecule has 0 aliphatic heterocycles. The highest BCUT2D eigenvalue weighted by molar-refractivity contribution is 7.81. The van der Waals surface area contributed by atoms with Crippen LogP contribution >= 0.6 is 0 Å². The van der Waals surface area contributed by atoms with Gasteiger partial charge in [-0.05, 0) is 32.1 Å². The van der Waals surface area contributed by atoms with Crippen LogP contribution in [0.4, 0.5) is 0 Å². The van der Waals surface area contributed by atoms with Crippen molar-refractivity contribution in [3.63, 3.8) is 0 Å². The summed E-state index contributed by atoms with van der Waals surface area (Å²) in [6, 6.07) is 0. The van der Waals surface area contributed by atoms with E-state index in [1.165, 1.54) is 83.5 Å². The molecule has 0 saturated heterocycles. The van der Waals surface area contributed by atoms with Crippen LogP contribution in [0.25, 0.3) is 0 Å². The summed E-state index contributed by atoms with van der Waals surface area (Å²) in [6.45, 7) is 1.87. The van der Waals surface area contributed by atoms with Crippen LogP contribution in [0, 0.1) is 0 Å². The van der Waals surface area contributed by atoms with Gasteiger partial charge in [-0.15, -0.1) is 0 Å². The minimum atomic E-state index is -4.87. The van der Waals surface area contributed by atoms with E-state index in [0.29, 0.717) is 0 Å². The fourth-order valence-electron chi connectivity index (χ4n) is 3.84. The van der Waals surface area contributed by atoms with Gasteiger partial charge in [0.1, 0.15) is 0 Å². The molecule has 0 radical (unpaired) electrons. The Morgan fingerprint density at radius 3 is 1.56 bits per heavy atom. The van der Waals surface area contributed by atoms with Crippen LogP contribution in [0.5, 0.6) is 0 Å². The van der Waals surface area contributed by atoms with E-state index in [2.05, 4.69) is 15.3 Å². The Labute approximate surface area is 208 Å². The topological polar surface area (TPSA) is 133 Å². The minimum Gasteiger partial charge on any atom is -0.726 e. The largest absolute Gasteiger partial charge is 0.726 e. The predicted molar refractivity (Wildman–Crippen MR) is 133 cm³/mol. The second kappa shape index (κ2) is 21.7. The van der Waals surface area contributed by atoms with E-state index in [-0.39, 0.29) is 25.9 Å². The van der Waals surface area contributed by atoms with E-state index in [1.54, 1.807) is 6.08 Å². The fourth-order valence-corrected chi connectivity index (χ4v) is 4.67. The highest BCUT2D eigenvalue weighted by atomic mass is 32.3. The molecule has 1 atom stereocenters. The second-order valence-electron chi connectivity index (χ2n) is 8.94. The molecule has 0 aliphatic rings. The number of unbranched alkanes of at least 4 members (excludes halogenated alkanes) is 15. The molecule has 34 heavy (non-hydrogen) atoms. The zero-order valence-electron chi connectivity index (χ0n) is 21.0. The molecular formula is C24H46O8S2-2. The summed E-state index contributed by atoms with van der Waals surface area (Å²) in [4.78, 5) is 0. The lowest BCUT2D eigenvalue weighted by Gasteiger charge is -2.18. The van der Waals surface area contributed by atoms with Crippen LogP contribution in [0.1, 0.15) is 129 Å². The normalized spacial score (nSPS) is 13.6. The molecule has 0 aromatic carbocycles. The molecule has 0 spiro atoms. The molecule has 0 amide bonds. The molecule has 0 rings (SSSR count). The second-order valence-corrected chi connectivity index (χ2v) is 11.0. The summed E-state index contributed by atoms with van der Waals surface area (Å²) in [5.41, 5.74) is 0. The SMILES string of the molecule is CCCCCCCCCCCCCCCCC/C=C/CC(CCCOS(=O)(=O)[O-])OS(=O)(=O)[O-]. The van der Waals surface area contributed by atoms with Crippen molar-refractivity contribution < 1.29 is 34.3 Å². The Morgan fingerprint density at radius 2 is 1.12 bits per heavy atom. The zero-order chi connectivity index (χ0) is 25.5. The zero-order valence-corrected chi connectivity index (χ0v) is 22.6. The number of allylic oxidation sites excluding steroid dienone is 1. The maximum absolute atomic E-state index is 10.8. The van der Waals surface area contributed by atoms with Gasteiger partial charge in [0, 0.05) is 0 Å². The van der Waals surface area contributed by atoms with Gasteiger partial charge in [0.2, 0.25) is 20.8 Å². The lowest BCUT2D eigenvalue weighted by molar-refractivity contribution is 0.158. The Balaban J connectivity index is 3.68. The maximum Gasteiger partial charge on any atom is 0.217 e. The molecule has 0 aliphatic carbocycles. The maximum atomic E-state index is 10.8. The highest BCUT2D eigenvalue weighted by Gasteiger charge is 2.11. The average Bonchev–Trinajstić information content (AvgIpc) is 2.74. The van der Waals surface area contributed by atoms with Gasteiger partial charge in [-0.2, -0.15) is 0 Å². The van der Waals surface area contributed by atoms with Gasteiger partial charge in [-0.1, -0.05) is 109 Å². The molecule has 0 aromatic heterocycles. The van der Waals surface area contributed by atoms with Crippen molar-refractivity contribution in [3.05, 3.63) is 12.2 Å². The van der Waals surface area contributed by atoms with Crippen LogP contribution < -0.4 is 0 Å². The van der Waals surface area contributed by atoms with Gasteiger partial charge in [0.15, 0.2) is 0 Å². The van der Waals surface area contributed by atoms with E-state index in [1.807, 2.05) is 6.08 Å². The van der Waals surface area contributed by atoms with Crippen molar-refractivity contribution in [1.29, 1.82) is 0 Å². The van der Waals surface area contributed by atoms with E-state index in [9.17, 15) is 25.9 Å². The Bertz CT molecular complexity index is 690. The van der Waals surface area contributed by atoms with Crippen LogP contribution in [0.3, 0.4) is 0 Å². The third-order valence-corrected chi connectivity index (χ3v) is 6.66. The first-order valence-corrected chi connectivity index (χ1v) is 15.7. The monoisotopic (exact) mass is 526 g/mol. The molecule has 8 nitrogen and oxygen atoms in total. The van der Waals surface area contributed by atoms with Gasteiger partial charge >= 0.3 is 0 Å². The molecule has 1 unspecified atom stereocenters. The van der Waals surface area contributed by atoms with Gasteiger partial charge in [0.25, 0.3) is 0 Å². The standard InChI is InChI=1S/C24H48O8S2/c1-2-3-4-5-6-7-8-9-10-11-12-13-14-15-16-17-18-19-21-24(32-34(28,29)30)22-20-23-31-33(25,26)27/h18-19,24H,2-17,20-23H2,1H3,(H,25,26,27)(H,28,29,30)/p-2/b19-18+. The van der Waals surface area contributed by atoms with Gasteiger partial charge in [-0.3, -0.25) is 8.37 Å². The summed E-state index contributed by atoms with van der Waals surface area (Å²) in [6.07, 6.45) is 23.7. The smallest absolute Gasteiger partial charge is 0.217 e. The van der Waals surface area contributed by atoms with Crippen molar-refractivity contribution in [2.75, 3.05) is 6.61 Å². The molecule has 10 heteroatoms. The first-order chi connectivity index (χ1) is 16.1. The lowest BCUT2D eigenvalue weighted by Crippen LogP contribution is -2.18. The fraction of sp³-hybridized carbons (Fsp3) is 0.917. The van der Waals surface area contributed by atoms with E-state index in [0.717, 1.165) is 19.3 Å². The Hall–Kier alpha value is -0.520. The molecule has 0 bridgehead atoms. The molecule has 0 N–H and O–H groups in total. The van der Waals surface area contributed by atoms with Gasteiger partial charge in [-0.25, -0.2) is 16.8 Å². The van der Waals surface area contributed by atoms with Crippen LogP contribution in [-0.2, 0) is 29.2 Å². The van der Waals surface area contributed by atoms with Gasteiger partial charge < -0.3 is 9.11 Å².